The maximum atomic E-state index is 14.2. The first-order valence-electron chi connectivity index (χ1n) is 9.47. The van der Waals surface area contributed by atoms with Crippen LogP contribution < -0.4 is 0 Å². The molecule has 3 heterocycles. The molecule has 3 aromatic rings. The Kier molecular flexibility index (Phi) is 5.96. The maximum Gasteiger partial charge on any atom is 0.310 e. The number of ether oxygens (including phenoxy) is 1. The molecule has 0 bridgehead atoms. The van der Waals surface area contributed by atoms with E-state index in [9.17, 15) is 14.0 Å². The van der Waals surface area contributed by atoms with Crippen LogP contribution >= 0.6 is 23.1 Å². The molecule has 1 saturated heterocycles. The van der Waals surface area contributed by atoms with Crippen LogP contribution in [0.15, 0.2) is 29.6 Å². The molecule has 0 unspecified atom stereocenters. The molecule has 1 aliphatic heterocycles. The average molecular weight is 434 g/mol. The smallest absolute Gasteiger partial charge is 0.310 e. The Morgan fingerprint density at radius 2 is 2.24 bits per heavy atom. The third-order valence-corrected chi connectivity index (χ3v) is 7.18. The van der Waals surface area contributed by atoms with Crippen LogP contribution in [-0.2, 0) is 14.3 Å². The quantitative estimate of drug-likeness (QED) is 0.345. The number of piperidine rings is 1. The van der Waals surface area contributed by atoms with Crippen LogP contribution in [0.5, 0.6) is 0 Å². The third-order valence-electron chi connectivity index (χ3n) is 4.92. The Morgan fingerprint density at radius 1 is 1.38 bits per heavy atom. The van der Waals surface area contributed by atoms with Gasteiger partial charge in [-0.05, 0) is 31.9 Å². The van der Waals surface area contributed by atoms with E-state index in [1.165, 1.54) is 35.5 Å². The lowest BCUT2D eigenvalue weighted by atomic mass is 9.98. The maximum absolute atomic E-state index is 14.2. The highest BCUT2D eigenvalue weighted by atomic mass is 32.2. The average Bonchev–Trinajstić information content (AvgIpc) is 3.13. The van der Waals surface area contributed by atoms with E-state index in [1.54, 1.807) is 17.9 Å². The fourth-order valence-electron chi connectivity index (χ4n) is 3.54. The number of rotatable bonds is 5. The number of nitrogens with zero attached hydrogens (tertiary/aromatic N) is 3. The summed E-state index contributed by atoms with van der Waals surface area (Å²) in [6, 6.07) is 4.95. The summed E-state index contributed by atoms with van der Waals surface area (Å²) in [5.41, 5.74) is 0.577. The number of likely N-dealkylation sites (tertiary alicyclic amines) is 1. The minimum absolute atomic E-state index is 0.0388. The molecule has 29 heavy (non-hydrogen) atoms. The summed E-state index contributed by atoms with van der Waals surface area (Å²) in [5.74, 6) is -0.629. The van der Waals surface area contributed by atoms with Gasteiger partial charge in [0, 0.05) is 17.8 Å². The van der Waals surface area contributed by atoms with Crippen molar-refractivity contribution in [3.05, 3.63) is 30.3 Å². The second kappa shape index (κ2) is 8.62. The molecule has 2 aromatic heterocycles. The standard InChI is InChI=1S/C20H20FN3O3S2/c1-2-27-20(26)12-5-4-8-24(9-12)15(25)10-28-19-18-17(22-11-23-19)16-13(21)6-3-7-14(16)29-18/h3,6-7,11-12H,2,4-5,8-10H2,1H3/t12-/m1/s1. The molecule has 0 spiro atoms. The SMILES string of the molecule is CCOC(=O)[C@@H]1CCCN(C(=O)CSc2ncnc3c2sc2cccc(F)c23)C1. The molecule has 0 N–H and O–H groups in total. The topological polar surface area (TPSA) is 72.4 Å². The number of esters is 1. The number of benzene rings is 1. The molecule has 4 rings (SSSR count). The molecule has 152 valence electrons. The van der Waals surface area contributed by atoms with Gasteiger partial charge >= 0.3 is 5.97 Å². The zero-order valence-electron chi connectivity index (χ0n) is 15.9. The number of carbonyl (C=O) groups is 2. The predicted octanol–water partition coefficient (Wildman–Crippen LogP) is 3.88. The van der Waals surface area contributed by atoms with E-state index in [2.05, 4.69) is 9.97 Å². The Hall–Kier alpha value is -2.26. The number of amides is 1. The van der Waals surface area contributed by atoms with Crippen molar-refractivity contribution in [2.45, 2.75) is 24.8 Å². The number of hydrogen-bond acceptors (Lipinski definition) is 7. The fourth-order valence-corrected chi connectivity index (χ4v) is 5.69. The van der Waals surface area contributed by atoms with Crippen molar-refractivity contribution >= 4 is 55.3 Å². The van der Waals surface area contributed by atoms with E-state index in [4.69, 9.17) is 4.74 Å². The monoisotopic (exact) mass is 433 g/mol. The van der Waals surface area contributed by atoms with E-state index in [-0.39, 0.29) is 29.4 Å². The lowest BCUT2D eigenvalue weighted by molar-refractivity contribution is -0.151. The molecule has 1 aliphatic rings. The Labute approximate surface area is 175 Å². The second-order valence-corrected chi connectivity index (χ2v) is 8.81. The summed E-state index contributed by atoms with van der Waals surface area (Å²) >= 11 is 2.75. The number of hydrogen-bond donors (Lipinski definition) is 0. The van der Waals surface area contributed by atoms with Crippen molar-refractivity contribution in [3.8, 4) is 0 Å². The summed E-state index contributed by atoms with van der Waals surface area (Å²) in [7, 11) is 0. The van der Waals surface area contributed by atoms with Crippen LogP contribution in [0.1, 0.15) is 19.8 Å². The van der Waals surface area contributed by atoms with E-state index in [0.29, 0.717) is 35.6 Å². The zero-order chi connectivity index (χ0) is 20.4. The number of thioether (sulfide) groups is 1. The third kappa shape index (κ3) is 4.06. The number of fused-ring (bicyclic) bond motifs is 3. The molecule has 1 atom stereocenters. The molecule has 0 radical (unpaired) electrons. The predicted molar refractivity (Wildman–Crippen MR) is 112 cm³/mol. The highest BCUT2D eigenvalue weighted by Crippen LogP contribution is 2.38. The largest absolute Gasteiger partial charge is 0.466 e. The first kappa shape index (κ1) is 20.0. The van der Waals surface area contributed by atoms with Gasteiger partial charge in [0.25, 0.3) is 0 Å². The van der Waals surface area contributed by atoms with E-state index >= 15 is 0 Å². The lowest BCUT2D eigenvalue weighted by Gasteiger charge is -2.31. The zero-order valence-corrected chi connectivity index (χ0v) is 17.5. The van der Waals surface area contributed by atoms with Crippen LogP contribution in [0.25, 0.3) is 20.3 Å². The first-order valence-corrected chi connectivity index (χ1v) is 11.3. The van der Waals surface area contributed by atoms with Gasteiger partial charge in [-0.15, -0.1) is 11.3 Å². The van der Waals surface area contributed by atoms with Crippen molar-refractivity contribution in [1.29, 1.82) is 0 Å². The molecule has 6 nitrogen and oxygen atoms in total. The molecule has 0 aliphatic carbocycles. The van der Waals surface area contributed by atoms with Crippen LogP contribution in [0, 0.1) is 11.7 Å². The number of carbonyl (C=O) groups excluding carboxylic acids is 2. The van der Waals surface area contributed by atoms with Crippen molar-refractivity contribution in [2.24, 2.45) is 5.92 Å². The molecule has 1 fully saturated rings. The summed E-state index contributed by atoms with van der Waals surface area (Å²) in [6.45, 7) is 3.16. The van der Waals surface area contributed by atoms with Gasteiger partial charge in [0.1, 0.15) is 17.2 Å². The Balaban J connectivity index is 1.48. The van der Waals surface area contributed by atoms with Gasteiger partial charge in [-0.2, -0.15) is 0 Å². The van der Waals surface area contributed by atoms with Crippen molar-refractivity contribution in [2.75, 3.05) is 25.4 Å². The van der Waals surface area contributed by atoms with Crippen LogP contribution in [0.3, 0.4) is 0 Å². The van der Waals surface area contributed by atoms with Crippen molar-refractivity contribution in [1.82, 2.24) is 14.9 Å². The molecule has 1 amide bonds. The number of aromatic nitrogens is 2. The Morgan fingerprint density at radius 3 is 3.07 bits per heavy atom. The summed E-state index contributed by atoms with van der Waals surface area (Å²) in [5, 5.41) is 1.17. The van der Waals surface area contributed by atoms with Gasteiger partial charge in [-0.3, -0.25) is 9.59 Å². The molecule has 9 heteroatoms. The van der Waals surface area contributed by atoms with Crippen LogP contribution in [0.4, 0.5) is 4.39 Å². The molecular weight excluding hydrogens is 413 g/mol. The second-order valence-electron chi connectivity index (χ2n) is 6.79. The van der Waals surface area contributed by atoms with E-state index in [0.717, 1.165) is 22.2 Å². The minimum Gasteiger partial charge on any atom is -0.466 e. The normalized spacial score (nSPS) is 17.0. The highest BCUT2D eigenvalue weighted by molar-refractivity contribution is 8.00. The summed E-state index contributed by atoms with van der Waals surface area (Å²) in [4.78, 5) is 35.0. The number of halogens is 1. The van der Waals surface area contributed by atoms with Gasteiger partial charge < -0.3 is 9.64 Å². The van der Waals surface area contributed by atoms with Crippen molar-refractivity contribution in [3.63, 3.8) is 0 Å². The van der Waals surface area contributed by atoms with E-state index in [1.807, 2.05) is 6.07 Å². The van der Waals surface area contributed by atoms with Gasteiger partial charge in [-0.25, -0.2) is 14.4 Å². The van der Waals surface area contributed by atoms with Gasteiger partial charge in [0.2, 0.25) is 5.91 Å². The van der Waals surface area contributed by atoms with E-state index < -0.39 is 0 Å². The molecule has 1 aromatic carbocycles. The van der Waals surface area contributed by atoms with Gasteiger partial charge in [-0.1, -0.05) is 17.8 Å². The minimum atomic E-state index is -0.308. The summed E-state index contributed by atoms with van der Waals surface area (Å²) < 4.78 is 20.9. The molecular formula is C20H20FN3O3S2. The Bertz CT molecular complexity index is 1070. The summed E-state index contributed by atoms with van der Waals surface area (Å²) in [6.07, 6.45) is 2.94. The van der Waals surface area contributed by atoms with Crippen molar-refractivity contribution < 1.29 is 18.7 Å². The molecule has 0 saturated carbocycles. The first-order chi connectivity index (χ1) is 14.1. The van der Waals surface area contributed by atoms with Crippen LogP contribution in [-0.4, -0.2) is 52.2 Å². The highest BCUT2D eigenvalue weighted by Gasteiger charge is 2.29. The van der Waals surface area contributed by atoms with Gasteiger partial charge in [0.15, 0.2) is 0 Å². The fraction of sp³-hybridized carbons (Fsp3) is 0.400. The van der Waals surface area contributed by atoms with Crippen LogP contribution in [0.2, 0.25) is 0 Å². The number of thiophene rings is 1. The lowest BCUT2D eigenvalue weighted by Crippen LogP contribution is -2.43. The van der Waals surface area contributed by atoms with Gasteiger partial charge in [0.05, 0.1) is 33.9 Å².